The molecular weight excluding hydrogens is 226 g/mol. The van der Waals surface area contributed by atoms with E-state index in [2.05, 4.69) is 24.5 Å². The summed E-state index contributed by atoms with van der Waals surface area (Å²) in [5.74, 6) is 0.491. The first-order valence-corrected chi connectivity index (χ1v) is 7.32. The Morgan fingerprint density at radius 3 is 2.50 bits per heavy atom. The molecule has 2 amide bonds. The molecule has 0 unspecified atom stereocenters. The van der Waals surface area contributed by atoms with Crippen molar-refractivity contribution >= 4 is 6.03 Å². The van der Waals surface area contributed by atoms with Crippen LogP contribution in [0.25, 0.3) is 0 Å². The molecule has 18 heavy (non-hydrogen) atoms. The van der Waals surface area contributed by atoms with Crippen LogP contribution in [-0.2, 0) is 0 Å². The average Bonchev–Trinajstić information content (AvgIpc) is 2.33. The van der Waals surface area contributed by atoms with Crippen molar-refractivity contribution in [3.05, 3.63) is 0 Å². The number of carbonyl (C=O) groups excluding carboxylic acids is 1. The fourth-order valence-electron chi connectivity index (χ4n) is 2.51. The van der Waals surface area contributed by atoms with E-state index in [0.29, 0.717) is 5.92 Å². The van der Waals surface area contributed by atoms with Gasteiger partial charge in [-0.2, -0.15) is 0 Å². The summed E-state index contributed by atoms with van der Waals surface area (Å²) in [6, 6.07) is -0.0570. The van der Waals surface area contributed by atoms with Crippen LogP contribution in [0, 0.1) is 5.92 Å². The predicted octanol–water partition coefficient (Wildman–Crippen LogP) is 2.38. The minimum absolute atomic E-state index is 0.0361. The largest absolute Gasteiger partial charge is 0.338 e. The maximum absolute atomic E-state index is 11.4. The van der Waals surface area contributed by atoms with Gasteiger partial charge in [-0.3, -0.25) is 0 Å². The summed E-state index contributed by atoms with van der Waals surface area (Å²) in [5.41, 5.74) is 6.38. The monoisotopic (exact) mass is 255 g/mol. The van der Waals surface area contributed by atoms with Crippen LogP contribution in [0.15, 0.2) is 0 Å². The van der Waals surface area contributed by atoms with Crippen LogP contribution in [0.3, 0.4) is 0 Å². The zero-order valence-electron chi connectivity index (χ0n) is 11.9. The molecular formula is C14H29N3O. The van der Waals surface area contributed by atoms with Crippen LogP contribution >= 0.6 is 0 Å². The molecule has 4 N–H and O–H groups in total. The minimum atomic E-state index is -0.0570. The van der Waals surface area contributed by atoms with E-state index in [1.54, 1.807) is 0 Å². The van der Waals surface area contributed by atoms with Crippen LogP contribution in [0.2, 0.25) is 0 Å². The lowest BCUT2D eigenvalue weighted by Gasteiger charge is -2.33. The number of nitrogens with two attached hydrogens (primary N) is 1. The molecule has 0 heterocycles. The molecule has 1 fully saturated rings. The van der Waals surface area contributed by atoms with Gasteiger partial charge >= 0.3 is 6.03 Å². The van der Waals surface area contributed by atoms with Crippen molar-refractivity contribution in [1.82, 2.24) is 10.6 Å². The Morgan fingerprint density at radius 2 is 1.89 bits per heavy atom. The summed E-state index contributed by atoms with van der Waals surface area (Å²) in [6.07, 6.45) is 8.15. The minimum Gasteiger partial charge on any atom is -0.338 e. The first kappa shape index (κ1) is 15.3. The molecule has 1 aliphatic carbocycles. The molecule has 0 spiro atoms. The second-order valence-corrected chi connectivity index (χ2v) is 6.06. The van der Waals surface area contributed by atoms with Gasteiger partial charge in [-0.15, -0.1) is 0 Å². The fraction of sp³-hybridized carbons (Fsp3) is 0.929. The highest BCUT2D eigenvalue weighted by atomic mass is 16.2. The van der Waals surface area contributed by atoms with Gasteiger partial charge in [0.25, 0.3) is 0 Å². The van der Waals surface area contributed by atoms with Crippen molar-refractivity contribution in [2.24, 2.45) is 11.7 Å². The predicted molar refractivity (Wildman–Crippen MR) is 75.5 cm³/mol. The average molecular weight is 255 g/mol. The standard InChI is InChI=1S/C14H29N3O/c1-12(2)11-17-13(18)16-10-6-9-14(15)7-4-3-5-8-14/h12H,3-11,15H2,1-2H3,(H2,16,17,18). The van der Waals surface area contributed by atoms with Gasteiger partial charge in [0.05, 0.1) is 0 Å². The molecule has 1 rings (SSSR count). The summed E-state index contributed by atoms with van der Waals surface area (Å²) >= 11 is 0. The summed E-state index contributed by atoms with van der Waals surface area (Å²) in [5, 5.41) is 5.74. The smallest absolute Gasteiger partial charge is 0.314 e. The van der Waals surface area contributed by atoms with Crippen molar-refractivity contribution < 1.29 is 4.79 Å². The molecule has 0 aromatic carbocycles. The van der Waals surface area contributed by atoms with E-state index < -0.39 is 0 Å². The SMILES string of the molecule is CC(C)CNC(=O)NCCCC1(N)CCCCC1. The summed E-state index contributed by atoms with van der Waals surface area (Å²) in [7, 11) is 0. The third-order valence-corrected chi connectivity index (χ3v) is 3.66. The zero-order valence-corrected chi connectivity index (χ0v) is 11.9. The lowest BCUT2D eigenvalue weighted by atomic mass is 9.79. The molecule has 0 aromatic rings. The zero-order chi connectivity index (χ0) is 13.4. The Hall–Kier alpha value is -0.770. The first-order valence-electron chi connectivity index (χ1n) is 7.32. The second kappa shape index (κ2) is 7.62. The molecule has 4 heteroatoms. The topological polar surface area (TPSA) is 67.2 Å². The van der Waals surface area contributed by atoms with Gasteiger partial charge in [0.15, 0.2) is 0 Å². The van der Waals surface area contributed by atoms with Crippen molar-refractivity contribution in [2.45, 2.75) is 64.3 Å². The lowest BCUT2D eigenvalue weighted by Crippen LogP contribution is -2.43. The van der Waals surface area contributed by atoms with Gasteiger partial charge in [-0.25, -0.2) is 4.79 Å². The number of amides is 2. The lowest BCUT2D eigenvalue weighted by molar-refractivity contribution is 0.237. The molecule has 0 bridgehead atoms. The van der Waals surface area contributed by atoms with E-state index in [1.165, 1.54) is 19.3 Å². The molecule has 106 valence electrons. The van der Waals surface area contributed by atoms with Gasteiger partial charge in [-0.05, 0) is 31.6 Å². The molecule has 1 aliphatic rings. The van der Waals surface area contributed by atoms with Crippen LogP contribution in [-0.4, -0.2) is 24.7 Å². The molecule has 0 saturated heterocycles. The summed E-state index contributed by atoms with van der Waals surface area (Å²) in [6.45, 7) is 5.62. The van der Waals surface area contributed by atoms with Gasteiger partial charge < -0.3 is 16.4 Å². The molecule has 0 radical (unpaired) electrons. The Kier molecular flexibility index (Phi) is 6.47. The van der Waals surface area contributed by atoms with Crippen LogP contribution in [0.5, 0.6) is 0 Å². The molecule has 1 saturated carbocycles. The van der Waals surface area contributed by atoms with Gasteiger partial charge in [0, 0.05) is 18.6 Å². The third-order valence-electron chi connectivity index (χ3n) is 3.66. The van der Waals surface area contributed by atoms with E-state index in [0.717, 1.165) is 38.8 Å². The number of carbonyl (C=O) groups is 1. The maximum Gasteiger partial charge on any atom is 0.314 e. The van der Waals surface area contributed by atoms with Crippen molar-refractivity contribution in [3.63, 3.8) is 0 Å². The van der Waals surface area contributed by atoms with E-state index in [1.807, 2.05) is 0 Å². The normalized spacial score (nSPS) is 18.7. The third kappa shape index (κ3) is 6.24. The summed E-state index contributed by atoms with van der Waals surface area (Å²) in [4.78, 5) is 11.4. The Balaban J connectivity index is 2.05. The van der Waals surface area contributed by atoms with Crippen LogP contribution < -0.4 is 16.4 Å². The highest BCUT2D eigenvalue weighted by Gasteiger charge is 2.26. The van der Waals surface area contributed by atoms with Crippen LogP contribution in [0.4, 0.5) is 4.79 Å². The fourth-order valence-corrected chi connectivity index (χ4v) is 2.51. The van der Waals surface area contributed by atoms with E-state index in [4.69, 9.17) is 5.73 Å². The highest BCUT2D eigenvalue weighted by molar-refractivity contribution is 5.73. The van der Waals surface area contributed by atoms with Crippen molar-refractivity contribution in [2.75, 3.05) is 13.1 Å². The van der Waals surface area contributed by atoms with E-state index >= 15 is 0 Å². The molecule has 4 nitrogen and oxygen atoms in total. The second-order valence-electron chi connectivity index (χ2n) is 6.06. The highest BCUT2D eigenvalue weighted by Crippen LogP contribution is 2.29. The molecule has 0 aliphatic heterocycles. The molecule has 0 atom stereocenters. The summed E-state index contributed by atoms with van der Waals surface area (Å²) < 4.78 is 0. The van der Waals surface area contributed by atoms with Gasteiger partial charge in [-0.1, -0.05) is 33.1 Å². The number of nitrogens with one attached hydrogen (secondary N) is 2. The van der Waals surface area contributed by atoms with Crippen molar-refractivity contribution in [1.29, 1.82) is 0 Å². The number of urea groups is 1. The van der Waals surface area contributed by atoms with Crippen LogP contribution in [0.1, 0.15) is 58.8 Å². The molecule has 0 aromatic heterocycles. The quantitative estimate of drug-likeness (QED) is 0.638. The maximum atomic E-state index is 11.4. The van der Waals surface area contributed by atoms with Crippen molar-refractivity contribution in [3.8, 4) is 0 Å². The number of hydrogen-bond acceptors (Lipinski definition) is 2. The Morgan fingerprint density at radius 1 is 1.22 bits per heavy atom. The van der Waals surface area contributed by atoms with Gasteiger partial charge in [0.1, 0.15) is 0 Å². The number of rotatable bonds is 6. The van der Waals surface area contributed by atoms with E-state index in [9.17, 15) is 4.79 Å². The van der Waals surface area contributed by atoms with Gasteiger partial charge in [0.2, 0.25) is 0 Å². The first-order chi connectivity index (χ1) is 8.52. The van der Waals surface area contributed by atoms with E-state index in [-0.39, 0.29) is 11.6 Å². The Bertz CT molecular complexity index is 247. The Labute approximate surface area is 111 Å². The number of hydrogen-bond donors (Lipinski definition) is 3.